The van der Waals surface area contributed by atoms with E-state index in [2.05, 4.69) is 20.9 Å². The first-order valence-electron chi connectivity index (χ1n) is 9.39. The van der Waals surface area contributed by atoms with E-state index < -0.39 is 11.7 Å². The Kier molecular flexibility index (Phi) is 8.64. The van der Waals surface area contributed by atoms with Gasteiger partial charge in [0.2, 0.25) is 5.91 Å². The molecule has 0 atom stereocenters. The Morgan fingerprint density at radius 1 is 0.867 bits per heavy atom. The van der Waals surface area contributed by atoms with Gasteiger partial charge in [-0.15, -0.1) is 0 Å². The summed E-state index contributed by atoms with van der Waals surface area (Å²) in [6.07, 6.45) is -3.63. The van der Waals surface area contributed by atoms with Gasteiger partial charge in [-0.25, -0.2) is 4.39 Å². The number of carbonyl (C=O) groups excluding carboxylic acids is 1. The average Bonchev–Trinajstić information content (AvgIpc) is 2.71. The fraction of sp³-hybridized carbons (Fsp3) is 0.333. The van der Waals surface area contributed by atoms with Gasteiger partial charge in [0.15, 0.2) is 5.96 Å². The van der Waals surface area contributed by atoms with Gasteiger partial charge in [-0.05, 0) is 41.8 Å². The van der Waals surface area contributed by atoms with E-state index in [0.29, 0.717) is 32.0 Å². The molecule has 0 unspecified atom stereocenters. The fourth-order valence-corrected chi connectivity index (χ4v) is 2.64. The van der Waals surface area contributed by atoms with Crippen molar-refractivity contribution in [2.24, 2.45) is 4.99 Å². The van der Waals surface area contributed by atoms with E-state index in [0.717, 1.165) is 23.3 Å². The van der Waals surface area contributed by atoms with Crippen LogP contribution in [-0.2, 0) is 23.8 Å². The van der Waals surface area contributed by atoms with Crippen LogP contribution >= 0.6 is 0 Å². The number of alkyl halides is 3. The molecule has 0 spiro atoms. The molecule has 0 saturated carbocycles. The number of amides is 1. The summed E-state index contributed by atoms with van der Waals surface area (Å²) in [5, 5.41) is 8.86. The highest BCUT2D eigenvalue weighted by Gasteiger charge is 2.29. The van der Waals surface area contributed by atoms with Crippen molar-refractivity contribution in [2.45, 2.75) is 19.0 Å². The SMILES string of the molecule is CN=C(NCCNC(=O)Cc1ccc(F)cc1)NCCc1ccc(C(F)(F)F)cc1. The second kappa shape index (κ2) is 11.2. The number of aliphatic imine (C=N–C) groups is 1. The molecule has 5 nitrogen and oxygen atoms in total. The number of rotatable bonds is 8. The van der Waals surface area contributed by atoms with Gasteiger partial charge in [0.25, 0.3) is 0 Å². The smallest absolute Gasteiger partial charge is 0.356 e. The highest BCUT2D eigenvalue weighted by atomic mass is 19.4. The van der Waals surface area contributed by atoms with Gasteiger partial charge in [-0.1, -0.05) is 24.3 Å². The minimum atomic E-state index is -4.34. The molecule has 3 N–H and O–H groups in total. The fourth-order valence-electron chi connectivity index (χ4n) is 2.64. The third-order valence-corrected chi connectivity index (χ3v) is 4.23. The molecule has 0 aromatic heterocycles. The van der Waals surface area contributed by atoms with Crippen molar-refractivity contribution in [3.63, 3.8) is 0 Å². The lowest BCUT2D eigenvalue weighted by molar-refractivity contribution is -0.137. The number of nitrogens with one attached hydrogen (secondary N) is 3. The minimum Gasteiger partial charge on any atom is -0.356 e. The molecule has 0 saturated heterocycles. The summed E-state index contributed by atoms with van der Waals surface area (Å²) in [5.41, 5.74) is 0.833. The number of carbonyl (C=O) groups is 1. The molecular formula is C21H24F4N4O. The first-order chi connectivity index (χ1) is 14.3. The number of halogens is 4. The first-order valence-corrected chi connectivity index (χ1v) is 9.39. The molecule has 30 heavy (non-hydrogen) atoms. The van der Waals surface area contributed by atoms with Crippen LogP contribution in [0.15, 0.2) is 53.5 Å². The zero-order valence-electron chi connectivity index (χ0n) is 16.5. The largest absolute Gasteiger partial charge is 0.416 e. The van der Waals surface area contributed by atoms with E-state index in [9.17, 15) is 22.4 Å². The van der Waals surface area contributed by atoms with Gasteiger partial charge in [0, 0.05) is 26.7 Å². The van der Waals surface area contributed by atoms with Crippen molar-refractivity contribution in [3.05, 3.63) is 71.0 Å². The molecule has 0 aliphatic heterocycles. The third kappa shape index (κ3) is 8.10. The van der Waals surface area contributed by atoms with Crippen molar-refractivity contribution in [3.8, 4) is 0 Å². The van der Waals surface area contributed by atoms with Crippen molar-refractivity contribution >= 4 is 11.9 Å². The third-order valence-electron chi connectivity index (χ3n) is 4.23. The van der Waals surface area contributed by atoms with Crippen molar-refractivity contribution in [1.29, 1.82) is 0 Å². The molecule has 1 amide bonds. The van der Waals surface area contributed by atoms with Crippen molar-refractivity contribution < 1.29 is 22.4 Å². The minimum absolute atomic E-state index is 0.167. The van der Waals surface area contributed by atoms with Gasteiger partial charge in [0.1, 0.15) is 5.82 Å². The predicted molar refractivity (Wildman–Crippen MR) is 108 cm³/mol. The molecular weight excluding hydrogens is 400 g/mol. The number of hydrogen-bond donors (Lipinski definition) is 3. The Hall–Kier alpha value is -3.10. The van der Waals surface area contributed by atoms with E-state index in [1.807, 2.05) is 0 Å². The first kappa shape index (κ1) is 23.2. The highest BCUT2D eigenvalue weighted by molar-refractivity contribution is 5.80. The number of hydrogen-bond acceptors (Lipinski definition) is 2. The number of benzene rings is 2. The topological polar surface area (TPSA) is 65.5 Å². The van der Waals surface area contributed by atoms with Crippen LogP contribution < -0.4 is 16.0 Å². The standard InChI is InChI=1S/C21H24F4N4O/c1-26-20(28-11-10-15-2-6-17(7-3-15)21(23,24)25)29-13-12-27-19(30)14-16-4-8-18(22)9-5-16/h2-9H,10-14H2,1H3,(H,27,30)(H2,26,28,29). The van der Waals surface area contributed by atoms with E-state index in [1.165, 1.54) is 24.3 Å². The molecule has 2 rings (SSSR count). The number of guanidine groups is 1. The molecule has 9 heteroatoms. The molecule has 162 valence electrons. The maximum absolute atomic E-state index is 12.9. The lowest BCUT2D eigenvalue weighted by Crippen LogP contribution is -2.42. The van der Waals surface area contributed by atoms with Gasteiger partial charge >= 0.3 is 6.18 Å². The molecule has 2 aromatic rings. The molecule has 0 radical (unpaired) electrons. The molecule has 0 aliphatic carbocycles. The second-order valence-electron chi connectivity index (χ2n) is 6.52. The predicted octanol–water partition coefficient (Wildman–Crippen LogP) is 2.91. The Bertz CT molecular complexity index is 834. The molecule has 0 bridgehead atoms. The lowest BCUT2D eigenvalue weighted by atomic mass is 10.1. The average molecular weight is 424 g/mol. The summed E-state index contributed by atoms with van der Waals surface area (Å²) < 4.78 is 50.6. The van der Waals surface area contributed by atoms with E-state index in [4.69, 9.17) is 0 Å². The van der Waals surface area contributed by atoms with Crippen LogP contribution in [-0.4, -0.2) is 38.5 Å². The normalized spacial score (nSPS) is 11.8. The molecule has 2 aromatic carbocycles. The van der Waals surface area contributed by atoms with Crippen molar-refractivity contribution in [1.82, 2.24) is 16.0 Å². The Balaban J connectivity index is 1.63. The van der Waals surface area contributed by atoms with Crippen LogP contribution in [0.1, 0.15) is 16.7 Å². The summed E-state index contributed by atoms with van der Waals surface area (Å²) in [5.74, 6) is 0.00363. The summed E-state index contributed by atoms with van der Waals surface area (Å²) in [7, 11) is 1.60. The molecule has 0 heterocycles. The van der Waals surface area contributed by atoms with Gasteiger partial charge in [-0.2, -0.15) is 13.2 Å². The summed E-state index contributed by atoms with van der Waals surface area (Å²) >= 11 is 0. The monoisotopic (exact) mass is 424 g/mol. The van der Waals surface area contributed by atoms with Crippen LogP contribution in [0.5, 0.6) is 0 Å². The zero-order valence-corrected chi connectivity index (χ0v) is 16.5. The summed E-state index contributed by atoms with van der Waals surface area (Å²) in [6.45, 7) is 1.30. The van der Waals surface area contributed by atoms with E-state index in [1.54, 1.807) is 19.2 Å². The quantitative estimate of drug-likeness (QED) is 0.264. The number of nitrogens with zero attached hydrogens (tertiary/aromatic N) is 1. The summed E-state index contributed by atoms with van der Waals surface area (Å²) in [6, 6.07) is 10.8. The van der Waals surface area contributed by atoms with Crippen LogP contribution in [0.2, 0.25) is 0 Å². The molecule has 0 fully saturated rings. The summed E-state index contributed by atoms with van der Waals surface area (Å²) in [4.78, 5) is 15.9. The van der Waals surface area contributed by atoms with Crippen LogP contribution in [0.4, 0.5) is 17.6 Å². The highest BCUT2D eigenvalue weighted by Crippen LogP contribution is 2.29. The maximum Gasteiger partial charge on any atom is 0.416 e. The van der Waals surface area contributed by atoms with Crippen molar-refractivity contribution in [2.75, 3.05) is 26.7 Å². The Labute approximate surface area is 172 Å². The maximum atomic E-state index is 12.9. The van der Waals surface area contributed by atoms with Crippen LogP contribution in [0.25, 0.3) is 0 Å². The van der Waals surface area contributed by atoms with E-state index in [-0.39, 0.29) is 18.1 Å². The lowest BCUT2D eigenvalue weighted by Gasteiger charge is -2.13. The van der Waals surface area contributed by atoms with Crippen LogP contribution in [0, 0.1) is 5.82 Å². The molecule has 0 aliphatic rings. The van der Waals surface area contributed by atoms with Gasteiger partial charge in [0.05, 0.1) is 12.0 Å². The Morgan fingerprint density at radius 2 is 1.43 bits per heavy atom. The van der Waals surface area contributed by atoms with Crippen LogP contribution in [0.3, 0.4) is 0 Å². The van der Waals surface area contributed by atoms with Gasteiger partial charge in [-0.3, -0.25) is 9.79 Å². The van der Waals surface area contributed by atoms with Gasteiger partial charge < -0.3 is 16.0 Å². The zero-order chi connectivity index (χ0) is 22.0. The Morgan fingerprint density at radius 3 is 2.03 bits per heavy atom. The van der Waals surface area contributed by atoms with E-state index >= 15 is 0 Å². The second-order valence-corrected chi connectivity index (χ2v) is 6.52.